The number of nitrogens with zero attached hydrogens (tertiary/aromatic N) is 1. The molecule has 0 aliphatic heterocycles. The first kappa shape index (κ1) is 28.4. The van der Waals surface area contributed by atoms with Crippen LogP contribution in [0.1, 0.15) is 117 Å². The maximum atomic E-state index is 11.7. The fraction of sp³-hybridized carbons (Fsp3) is 0.958. The molecule has 5 heteroatoms. The van der Waals surface area contributed by atoms with Crippen LogP contribution in [-0.4, -0.2) is 53.6 Å². The van der Waals surface area contributed by atoms with Gasteiger partial charge in [-0.05, 0) is 13.0 Å². The fourth-order valence-electron chi connectivity index (χ4n) is 3.61. The third-order valence-corrected chi connectivity index (χ3v) is 5.52. The van der Waals surface area contributed by atoms with Crippen molar-refractivity contribution in [3.63, 3.8) is 0 Å². The number of hydrogen-bond acceptors (Lipinski definition) is 5. The number of carbonyl (C=O) groups is 1. The molecule has 0 bridgehead atoms. The molecule has 0 radical (unpaired) electrons. The highest BCUT2D eigenvalue weighted by Crippen LogP contribution is 2.13. The van der Waals surface area contributed by atoms with Gasteiger partial charge in [0, 0.05) is 19.5 Å². The number of rotatable bonds is 22. The minimum Gasteiger partial charge on any atom is -0.464 e. The summed E-state index contributed by atoms with van der Waals surface area (Å²) in [4.78, 5) is 13.6. The number of esters is 1. The molecule has 29 heavy (non-hydrogen) atoms. The van der Waals surface area contributed by atoms with Crippen molar-refractivity contribution in [1.29, 1.82) is 0 Å². The predicted molar refractivity (Wildman–Crippen MR) is 121 cm³/mol. The van der Waals surface area contributed by atoms with Gasteiger partial charge in [0.15, 0.2) is 6.29 Å². The first-order valence-electron chi connectivity index (χ1n) is 12.3. The molecule has 0 aliphatic rings. The third-order valence-electron chi connectivity index (χ3n) is 5.52. The Morgan fingerprint density at radius 3 is 1.62 bits per heavy atom. The molecule has 174 valence electrons. The molecular weight excluding hydrogens is 366 g/mol. The summed E-state index contributed by atoms with van der Waals surface area (Å²) in [5.74, 6) is -0.139. The Kier molecular flexibility index (Phi) is 21.6. The Morgan fingerprint density at radius 1 is 0.759 bits per heavy atom. The lowest BCUT2D eigenvalue weighted by Gasteiger charge is -2.20. The van der Waals surface area contributed by atoms with E-state index in [1.54, 1.807) is 0 Å². The molecule has 0 aromatic rings. The quantitative estimate of drug-likeness (QED) is 0.140. The number of carbonyl (C=O) groups excluding carboxylic acids is 1. The maximum absolute atomic E-state index is 11.7. The van der Waals surface area contributed by atoms with Gasteiger partial charge >= 0.3 is 5.97 Å². The van der Waals surface area contributed by atoms with Crippen LogP contribution in [0.3, 0.4) is 0 Å². The normalized spacial score (nSPS) is 11.5. The molecule has 0 aliphatic carbocycles. The van der Waals surface area contributed by atoms with E-state index in [2.05, 4.69) is 6.92 Å². The van der Waals surface area contributed by atoms with E-state index >= 15 is 0 Å². The lowest BCUT2D eigenvalue weighted by molar-refractivity contribution is -0.144. The van der Waals surface area contributed by atoms with E-state index in [0.717, 1.165) is 12.8 Å². The average molecular weight is 416 g/mol. The van der Waals surface area contributed by atoms with Crippen LogP contribution in [-0.2, 0) is 9.53 Å². The van der Waals surface area contributed by atoms with Gasteiger partial charge in [-0.2, -0.15) is 0 Å². The second-order valence-electron chi connectivity index (χ2n) is 8.29. The fourth-order valence-corrected chi connectivity index (χ4v) is 3.61. The Bertz CT molecular complexity index is 350. The molecule has 0 spiro atoms. The summed E-state index contributed by atoms with van der Waals surface area (Å²) in [6, 6.07) is 0. The molecule has 0 atom stereocenters. The number of aliphatic hydroxyl groups is 2. The zero-order chi connectivity index (χ0) is 21.6. The molecule has 2 N–H and O–H groups in total. The maximum Gasteiger partial charge on any atom is 0.305 e. The molecule has 0 aromatic carbocycles. The van der Waals surface area contributed by atoms with Crippen molar-refractivity contribution in [1.82, 2.24) is 4.90 Å². The van der Waals surface area contributed by atoms with Crippen LogP contribution >= 0.6 is 0 Å². The predicted octanol–water partition coefficient (Wildman–Crippen LogP) is 5.42. The molecule has 5 nitrogen and oxygen atoms in total. The molecule has 0 aromatic heterocycles. The highest BCUT2D eigenvalue weighted by Gasteiger charge is 2.08. The van der Waals surface area contributed by atoms with E-state index in [-0.39, 0.29) is 12.5 Å². The Labute approximate surface area is 180 Å². The van der Waals surface area contributed by atoms with Gasteiger partial charge < -0.3 is 14.9 Å². The van der Waals surface area contributed by atoms with E-state index in [1.807, 2.05) is 11.8 Å². The van der Waals surface area contributed by atoms with Gasteiger partial charge in [0.05, 0.1) is 0 Å². The van der Waals surface area contributed by atoms with Gasteiger partial charge in [-0.3, -0.25) is 9.69 Å². The second-order valence-corrected chi connectivity index (χ2v) is 8.29. The van der Waals surface area contributed by atoms with E-state index in [9.17, 15) is 4.79 Å². The zero-order valence-corrected chi connectivity index (χ0v) is 19.4. The standard InChI is InChI=1S/C24H49NO4/c1-3-5-6-7-8-9-10-11-12-13-14-15-16-17-18-19-24(28)29-21-20-25(4-2)22-23(26)27/h23,26-27H,3-22H2,1-2H3. The van der Waals surface area contributed by atoms with Gasteiger partial charge in [0.1, 0.15) is 6.61 Å². The molecule has 0 amide bonds. The number of aliphatic hydroxyl groups excluding tert-OH is 1. The van der Waals surface area contributed by atoms with Crippen LogP contribution in [0.15, 0.2) is 0 Å². The Hall–Kier alpha value is -0.650. The van der Waals surface area contributed by atoms with Crippen LogP contribution in [0.2, 0.25) is 0 Å². The minimum atomic E-state index is -1.34. The summed E-state index contributed by atoms with van der Waals surface area (Å²) in [5.41, 5.74) is 0. The number of hydrogen-bond donors (Lipinski definition) is 2. The minimum absolute atomic E-state index is 0.139. The van der Waals surface area contributed by atoms with Crippen molar-refractivity contribution in [2.75, 3.05) is 26.2 Å². The van der Waals surface area contributed by atoms with Gasteiger partial charge in [0.25, 0.3) is 0 Å². The van der Waals surface area contributed by atoms with Crippen molar-refractivity contribution in [3.05, 3.63) is 0 Å². The van der Waals surface area contributed by atoms with Crippen LogP contribution in [0, 0.1) is 0 Å². The summed E-state index contributed by atoms with van der Waals surface area (Å²) in [6.45, 7) is 5.96. The molecule has 0 saturated carbocycles. The van der Waals surface area contributed by atoms with Crippen molar-refractivity contribution < 1.29 is 19.7 Å². The smallest absolute Gasteiger partial charge is 0.305 e. The SMILES string of the molecule is CCCCCCCCCCCCCCCCCC(=O)OCCN(CC)CC(O)O. The summed E-state index contributed by atoms with van der Waals surface area (Å²) in [6.07, 6.45) is 18.9. The van der Waals surface area contributed by atoms with E-state index in [4.69, 9.17) is 14.9 Å². The molecule has 0 fully saturated rings. The topological polar surface area (TPSA) is 70.0 Å². The molecule has 0 unspecified atom stereocenters. The van der Waals surface area contributed by atoms with Gasteiger partial charge in [-0.15, -0.1) is 0 Å². The van der Waals surface area contributed by atoms with E-state index < -0.39 is 6.29 Å². The first-order valence-corrected chi connectivity index (χ1v) is 12.3. The monoisotopic (exact) mass is 415 g/mol. The average Bonchev–Trinajstić information content (AvgIpc) is 2.69. The van der Waals surface area contributed by atoms with Gasteiger partial charge in [-0.25, -0.2) is 0 Å². The van der Waals surface area contributed by atoms with Gasteiger partial charge in [0.2, 0.25) is 0 Å². The lowest BCUT2D eigenvalue weighted by atomic mass is 10.0. The second kappa shape index (κ2) is 22.0. The summed E-state index contributed by atoms with van der Waals surface area (Å²) in [5, 5.41) is 17.9. The summed E-state index contributed by atoms with van der Waals surface area (Å²) in [7, 11) is 0. The highest BCUT2D eigenvalue weighted by molar-refractivity contribution is 5.69. The van der Waals surface area contributed by atoms with Crippen LogP contribution in [0.5, 0.6) is 0 Å². The van der Waals surface area contributed by atoms with E-state index in [0.29, 0.717) is 26.1 Å². The first-order chi connectivity index (χ1) is 14.1. The number of ether oxygens (including phenoxy) is 1. The van der Waals surface area contributed by atoms with E-state index in [1.165, 1.54) is 83.5 Å². The zero-order valence-electron chi connectivity index (χ0n) is 19.4. The number of likely N-dealkylation sites (N-methyl/N-ethyl adjacent to an activating group) is 1. The lowest BCUT2D eigenvalue weighted by Crippen LogP contribution is -2.35. The van der Waals surface area contributed by atoms with Crippen LogP contribution in [0.25, 0.3) is 0 Å². The Morgan fingerprint density at radius 2 is 1.21 bits per heavy atom. The Balaban J connectivity index is 3.28. The van der Waals surface area contributed by atoms with Crippen molar-refractivity contribution >= 4 is 5.97 Å². The number of unbranched alkanes of at least 4 members (excludes halogenated alkanes) is 14. The highest BCUT2D eigenvalue weighted by atomic mass is 16.5. The molecule has 0 heterocycles. The summed E-state index contributed by atoms with van der Waals surface area (Å²) < 4.78 is 5.23. The van der Waals surface area contributed by atoms with Crippen molar-refractivity contribution in [3.8, 4) is 0 Å². The van der Waals surface area contributed by atoms with Crippen LogP contribution < -0.4 is 0 Å². The molecule has 0 saturated heterocycles. The molecular formula is C24H49NO4. The van der Waals surface area contributed by atoms with Crippen molar-refractivity contribution in [2.45, 2.75) is 123 Å². The van der Waals surface area contributed by atoms with Gasteiger partial charge in [-0.1, -0.05) is 104 Å². The van der Waals surface area contributed by atoms with Crippen molar-refractivity contribution in [2.24, 2.45) is 0 Å². The molecule has 0 rings (SSSR count). The largest absolute Gasteiger partial charge is 0.464 e. The third kappa shape index (κ3) is 21.9. The van der Waals surface area contributed by atoms with Crippen LogP contribution in [0.4, 0.5) is 0 Å². The summed E-state index contributed by atoms with van der Waals surface area (Å²) >= 11 is 0.